The lowest BCUT2D eigenvalue weighted by atomic mass is 10.2. The average molecular weight is 367 g/mol. The van der Waals surface area contributed by atoms with E-state index < -0.39 is 10.0 Å². The standard InChI is InChI=1S/C17H22N2O3S2/c1-3-19(4-2)24(21,22)16-9-7-14(8-10-16)17(20)18-12-11-15-6-5-13-23-15/h5-10,13H,3-4,11-12H2,1-2H3,(H,18,20). The smallest absolute Gasteiger partial charge is 0.251 e. The van der Waals surface area contributed by atoms with E-state index in [0.29, 0.717) is 25.2 Å². The van der Waals surface area contributed by atoms with Crippen molar-refractivity contribution in [2.45, 2.75) is 25.2 Å². The zero-order chi connectivity index (χ0) is 17.6. The molecule has 0 bridgehead atoms. The van der Waals surface area contributed by atoms with Crippen molar-refractivity contribution in [2.75, 3.05) is 19.6 Å². The summed E-state index contributed by atoms with van der Waals surface area (Å²) in [6.07, 6.45) is 0.790. The number of carbonyl (C=O) groups is 1. The first-order valence-corrected chi connectivity index (χ1v) is 10.2. The van der Waals surface area contributed by atoms with Gasteiger partial charge in [0.25, 0.3) is 5.91 Å². The number of sulfonamides is 1. The summed E-state index contributed by atoms with van der Waals surface area (Å²) >= 11 is 1.66. The third-order valence-electron chi connectivity index (χ3n) is 3.70. The number of nitrogens with zero attached hydrogens (tertiary/aromatic N) is 1. The van der Waals surface area contributed by atoms with Crippen LogP contribution < -0.4 is 5.32 Å². The Labute approximate surface area is 147 Å². The number of nitrogens with one attached hydrogen (secondary N) is 1. The van der Waals surface area contributed by atoms with Crippen LogP contribution in [0.2, 0.25) is 0 Å². The van der Waals surface area contributed by atoms with Crippen LogP contribution in [0.15, 0.2) is 46.7 Å². The summed E-state index contributed by atoms with van der Waals surface area (Å²) in [6, 6.07) is 10.1. The first-order valence-electron chi connectivity index (χ1n) is 7.89. The Bertz CT molecular complexity index is 750. The van der Waals surface area contributed by atoms with E-state index in [1.54, 1.807) is 37.3 Å². The SMILES string of the molecule is CCN(CC)S(=O)(=O)c1ccc(C(=O)NCCc2cccs2)cc1. The van der Waals surface area contributed by atoms with E-state index in [9.17, 15) is 13.2 Å². The maximum atomic E-state index is 12.4. The van der Waals surface area contributed by atoms with Gasteiger partial charge in [-0.15, -0.1) is 11.3 Å². The minimum Gasteiger partial charge on any atom is -0.352 e. The van der Waals surface area contributed by atoms with Gasteiger partial charge < -0.3 is 5.32 Å². The minimum atomic E-state index is -3.49. The average Bonchev–Trinajstić information content (AvgIpc) is 3.09. The summed E-state index contributed by atoms with van der Waals surface area (Å²) in [6.45, 7) is 5.00. The number of benzene rings is 1. The fourth-order valence-electron chi connectivity index (χ4n) is 2.35. The van der Waals surface area contributed by atoms with Gasteiger partial charge in [0.1, 0.15) is 0 Å². The fourth-order valence-corrected chi connectivity index (χ4v) is 4.51. The van der Waals surface area contributed by atoms with E-state index in [0.717, 1.165) is 6.42 Å². The molecule has 0 atom stereocenters. The van der Waals surface area contributed by atoms with Crippen LogP contribution >= 0.6 is 11.3 Å². The lowest BCUT2D eigenvalue weighted by Crippen LogP contribution is -2.30. The lowest BCUT2D eigenvalue weighted by molar-refractivity contribution is 0.0954. The summed E-state index contributed by atoms with van der Waals surface area (Å²) in [4.78, 5) is 13.5. The molecule has 1 aromatic heterocycles. The molecule has 0 saturated heterocycles. The van der Waals surface area contributed by atoms with Gasteiger partial charge in [-0.3, -0.25) is 4.79 Å². The molecule has 0 unspecified atom stereocenters. The zero-order valence-electron chi connectivity index (χ0n) is 13.9. The maximum absolute atomic E-state index is 12.4. The number of rotatable bonds is 8. The molecule has 7 heteroatoms. The molecule has 0 fully saturated rings. The maximum Gasteiger partial charge on any atom is 0.251 e. The molecular formula is C17H22N2O3S2. The predicted molar refractivity (Wildman–Crippen MR) is 96.9 cm³/mol. The highest BCUT2D eigenvalue weighted by Crippen LogP contribution is 2.16. The molecule has 0 spiro atoms. The Balaban J connectivity index is 1.99. The highest BCUT2D eigenvalue weighted by Gasteiger charge is 2.21. The molecule has 24 heavy (non-hydrogen) atoms. The molecule has 1 N–H and O–H groups in total. The summed E-state index contributed by atoms with van der Waals surface area (Å²) in [7, 11) is -3.49. The van der Waals surface area contributed by atoms with Crippen LogP contribution in [-0.2, 0) is 16.4 Å². The zero-order valence-corrected chi connectivity index (χ0v) is 15.5. The van der Waals surface area contributed by atoms with Gasteiger partial charge in [0, 0.05) is 30.1 Å². The second-order valence-electron chi connectivity index (χ2n) is 5.20. The quantitative estimate of drug-likeness (QED) is 0.781. The van der Waals surface area contributed by atoms with Gasteiger partial charge in [0.2, 0.25) is 10.0 Å². The van der Waals surface area contributed by atoms with Crippen molar-refractivity contribution >= 4 is 27.3 Å². The molecule has 5 nitrogen and oxygen atoms in total. The molecule has 130 valence electrons. The molecule has 1 aromatic carbocycles. The van der Waals surface area contributed by atoms with Crippen LogP contribution in [-0.4, -0.2) is 38.3 Å². The van der Waals surface area contributed by atoms with Gasteiger partial charge in [0.05, 0.1) is 4.90 Å². The number of thiophene rings is 1. The van der Waals surface area contributed by atoms with Crippen molar-refractivity contribution in [2.24, 2.45) is 0 Å². The van der Waals surface area contributed by atoms with E-state index in [-0.39, 0.29) is 10.8 Å². The highest BCUT2D eigenvalue weighted by atomic mass is 32.2. The third-order valence-corrected chi connectivity index (χ3v) is 6.70. The van der Waals surface area contributed by atoms with E-state index in [1.807, 2.05) is 17.5 Å². The molecule has 2 rings (SSSR count). The normalized spacial score (nSPS) is 11.6. The topological polar surface area (TPSA) is 66.5 Å². The Kier molecular flexibility index (Phi) is 6.53. The van der Waals surface area contributed by atoms with Crippen LogP contribution in [0.5, 0.6) is 0 Å². The molecule has 0 aliphatic heterocycles. The number of carbonyl (C=O) groups excluding carboxylic acids is 1. The van der Waals surface area contributed by atoms with E-state index >= 15 is 0 Å². The van der Waals surface area contributed by atoms with Crippen molar-refractivity contribution in [3.63, 3.8) is 0 Å². The van der Waals surface area contributed by atoms with Crippen molar-refractivity contribution < 1.29 is 13.2 Å². The molecule has 1 amide bonds. The Morgan fingerprint density at radius 2 is 1.79 bits per heavy atom. The number of hydrogen-bond donors (Lipinski definition) is 1. The van der Waals surface area contributed by atoms with Crippen LogP contribution in [0.25, 0.3) is 0 Å². The van der Waals surface area contributed by atoms with Crippen LogP contribution in [0, 0.1) is 0 Å². The number of hydrogen-bond acceptors (Lipinski definition) is 4. The monoisotopic (exact) mass is 366 g/mol. The van der Waals surface area contributed by atoms with E-state index in [2.05, 4.69) is 5.32 Å². The summed E-state index contributed by atoms with van der Waals surface area (Å²) in [5, 5.41) is 4.85. The van der Waals surface area contributed by atoms with Gasteiger partial charge >= 0.3 is 0 Å². The first-order chi connectivity index (χ1) is 11.5. The highest BCUT2D eigenvalue weighted by molar-refractivity contribution is 7.89. The van der Waals surface area contributed by atoms with Gasteiger partial charge in [-0.25, -0.2) is 8.42 Å². The summed E-state index contributed by atoms with van der Waals surface area (Å²) in [5.41, 5.74) is 0.458. The van der Waals surface area contributed by atoms with Crippen molar-refractivity contribution in [3.8, 4) is 0 Å². The van der Waals surface area contributed by atoms with Crippen LogP contribution in [0.1, 0.15) is 29.1 Å². The van der Waals surface area contributed by atoms with Crippen molar-refractivity contribution in [3.05, 3.63) is 52.2 Å². The summed E-state index contributed by atoms with van der Waals surface area (Å²) < 4.78 is 26.2. The molecular weight excluding hydrogens is 344 g/mol. The van der Waals surface area contributed by atoms with Crippen molar-refractivity contribution in [1.82, 2.24) is 9.62 Å². The largest absolute Gasteiger partial charge is 0.352 e. The van der Waals surface area contributed by atoms with Gasteiger partial charge in [0.15, 0.2) is 0 Å². The van der Waals surface area contributed by atoms with Gasteiger partial charge in [-0.05, 0) is 42.1 Å². The van der Waals surface area contributed by atoms with E-state index in [4.69, 9.17) is 0 Å². The minimum absolute atomic E-state index is 0.196. The van der Waals surface area contributed by atoms with Crippen LogP contribution in [0.3, 0.4) is 0 Å². The van der Waals surface area contributed by atoms with E-state index in [1.165, 1.54) is 21.3 Å². The molecule has 0 radical (unpaired) electrons. The second-order valence-corrected chi connectivity index (χ2v) is 8.17. The Hall–Kier alpha value is -1.70. The van der Waals surface area contributed by atoms with Crippen LogP contribution in [0.4, 0.5) is 0 Å². The van der Waals surface area contributed by atoms with Gasteiger partial charge in [-0.1, -0.05) is 19.9 Å². The van der Waals surface area contributed by atoms with Crippen molar-refractivity contribution in [1.29, 1.82) is 0 Å². The molecule has 0 aliphatic rings. The van der Waals surface area contributed by atoms with Gasteiger partial charge in [-0.2, -0.15) is 4.31 Å². The molecule has 0 aliphatic carbocycles. The predicted octanol–water partition coefficient (Wildman–Crippen LogP) is 2.75. The Morgan fingerprint density at radius 3 is 2.33 bits per heavy atom. The third kappa shape index (κ3) is 4.43. The first kappa shape index (κ1) is 18.6. The molecule has 1 heterocycles. The molecule has 2 aromatic rings. The lowest BCUT2D eigenvalue weighted by Gasteiger charge is -2.18. The fraction of sp³-hybridized carbons (Fsp3) is 0.353. The Morgan fingerprint density at radius 1 is 1.12 bits per heavy atom. The number of amides is 1. The summed E-state index contributed by atoms with van der Waals surface area (Å²) in [5.74, 6) is -0.196. The second kappa shape index (κ2) is 8.41. The molecule has 0 saturated carbocycles.